The van der Waals surface area contributed by atoms with Gasteiger partial charge in [0.1, 0.15) is 11.7 Å². The summed E-state index contributed by atoms with van der Waals surface area (Å²) >= 11 is 1.33. The second-order valence-corrected chi connectivity index (χ2v) is 8.33. The number of carboxylic acid groups (broad SMARTS) is 1. The quantitative estimate of drug-likeness (QED) is 0.272. The maximum absolute atomic E-state index is 12.3. The van der Waals surface area contributed by atoms with Crippen LogP contribution in [0.3, 0.4) is 0 Å². The SMILES string of the molecule is CC(O)C1C(=O)N2C(C(=O)O)=C(SC3CC(C(N)=O)N(C=N)C3)C(C)[C@H]12. The molecule has 10 heteroatoms. The molecule has 6 atom stereocenters. The highest BCUT2D eigenvalue weighted by atomic mass is 32.2. The molecule has 9 nitrogen and oxygen atoms in total. The highest BCUT2D eigenvalue weighted by Gasteiger charge is 2.60. The van der Waals surface area contributed by atoms with E-state index in [-0.39, 0.29) is 28.8 Å². The van der Waals surface area contributed by atoms with Gasteiger partial charge in [0.15, 0.2) is 0 Å². The first kappa shape index (κ1) is 18.7. The number of aliphatic hydroxyl groups is 1. The lowest BCUT2D eigenvalue weighted by Crippen LogP contribution is -2.63. The van der Waals surface area contributed by atoms with Crippen molar-refractivity contribution in [3.8, 4) is 0 Å². The number of nitrogens with zero attached hydrogens (tertiary/aromatic N) is 2. The number of fused-ring (bicyclic) bond motifs is 1. The predicted octanol–water partition coefficient (Wildman–Crippen LogP) is -0.591. The largest absolute Gasteiger partial charge is 0.477 e. The summed E-state index contributed by atoms with van der Waals surface area (Å²) in [6.07, 6.45) is 0.641. The van der Waals surface area contributed by atoms with Crippen LogP contribution in [0.4, 0.5) is 0 Å². The highest BCUT2D eigenvalue weighted by Crippen LogP contribution is 2.52. The summed E-state index contributed by atoms with van der Waals surface area (Å²) in [5, 5.41) is 26.8. The van der Waals surface area contributed by atoms with E-state index in [0.29, 0.717) is 17.9 Å². The average Bonchev–Trinajstić information content (AvgIpc) is 3.06. The topological polar surface area (TPSA) is 148 Å². The van der Waals surface area contributed by atoms with Crippen LogP contribution in [0.5, 0.6) is 0 Å². The lowest BCUT2D eigenvalue weighted by Gasteiger charge is -2.46. The van der Waals surface area contributed by atoms with Crippen molar-refractivity contribution < 1.29 is 24.6 Å². The lowest BCUT2D eigenvalue weighted by molar-refractivity contribution is -0.163. The van der Waals surface area contributed by atoms with Crippen LogP contribution < -0.4 is 5.73 Å². The Labute approximate surface area is 154 Å². The van der Waals surface area contributed by atoms with Gasteiger partial charge >= 0.3 is 5.97 Å². The molecule has 5 N–H and O–H groups in total. The zero-order valence-electron chi connectivity index (χ0n) is 14.5. The maximum atomic E-state index is 12.3. The number of carboxylic acids is 1. The third-order valence-electron chi connectivity index (χ3n) is 5.40. The number of β-lactam (4-membered cyclic amide) rings is 1. The molecule has 142 valence electrons. The van der Waals surface area contributed by atoms with E-state index in [1.165, 1.54) is 23.6 Å². The number of thioether (sulfide) groups is 1. The smallest absolute Gasteiger partial charge is 0.353 e. The zero-order chi connectivity index (χ0) is 19.3. The molecular formula is C16H22N4O5S. The van der Waals surface area contributed by atoms with Crippen LogP contribution in [0.25, 0.3) is 0 Å². The molecule has 3 aliphatic heterocycles. The molecule has 0 spiro atoms. The molecular weight excluding hydrogens is 360 g/mol. The van der Waals surface area contributed by atoms with Crippen molar-refractivity contribution in [2.75, 3.05) is 6.54 Å². The molecule has 3 aliphatic rings. The number of carbonyl (C=O) groups excluding carboxylic acids is 2. The molecule has 3 heterocycles. The van der Waals surface area contributed by atoms with Crippen molar-refractivity contribution in [3.05, 3.63) is 10.6 Å². The fraction of sp³-hybridized carbons (Fsp3) is 0.625. The van der Waals surface area contributed by atoms with Gasteiger partial charge in [-0.15, -0.1) is 11.8 Å². The number of nitrogens with one attached hydrogen (secondary N) is 1. The minimum atomic E-state index is -1.17. The Kier molecular flexibility index (Phi) is 4.74. The molecule has 2 fully saturated rings. The number of nitrogens with two attached hydrogens (primary N) is 1. The number of hydrogen-bond donors (Lipinski definition) is 4. The number of carbonyl (C=O) groups is 3. The summed E-state index contributed by atoms with van der Waals surface area (Å²) in [5.41, 5.74) is 5.35. The van der Waals surface area contributed by atoms with Gasteiger partial charge in [0.25, 0.3) is 0 Å². The number of rotatable bonds is 6. The Morgan fingerprint density at radius 2 is 2.12 bits per heavy atom. The van der Waals surface area contributed by atoms with Gasteiger partial charge in [-0.25, -0.2) is 4.79 Å². The van der Waals surface area contributed by atoms with Gasteiger partial charge in [-0.2, -0.15) is 0 Å². The number of aliphatic hydroxyl groups excluding tert-OH is 1. The molecule has 0 saturated carbocycles. The first-order chi connectivity index (χ1) is 12.2. The second-order valence-electron chi connectivity index (χ2n) is 6.99. The van der Waals surface area contributed by atoms with Gasteiger partial charge in [-0.3, -0.25) is 15.0 Å². The number of aliphatic carboxylic acids is 1. The van der Waals surface area contributed by atoms with Gasteiger partial charge in [-0.05, 0) is 13.3 Å². The predicted molar refractivity (Wildman–Crippen MR) is 94.1 cm³/mol. The molecule has 0 aromatic heterocycles. The molecule has 5 unspecified atom stereocenters. The van der Waals surface area contributed by atoms with E-state index in [1.807, 2.05) is 6.92 Å². The Bertz CT molecular complexity index is 709. The molecule has 0 aromatic rings. The molecule has 3 rings (SSSR count). The first-order valence-corrected chi connectivity index (χ1v) is 9.27. The van der Waals surface area contributed by atoms with E-state index < -0.39 is 29.9 Å². The summed E-state index contributed by atoms with van der Waals surface area (Å²) in [4.78, 5) is 39.1. The van der Waals surface area contributed by atoms with Crippen LogP contribution in [-0.2, 0) is 14.4 Å². The Hall–Kier alpha value is -2.07. The number of amides is 2. The van der Waals surface area contributed by atoms with Crippen molar-refractivity contribution in [1.29, 1.82) is 5.41 Å². The molecule has 2 amide bonds. The molecule has 2 saturated heterocycles. The third kappa shape index (κ3) is 2.67. The average molecular weight is 382 g/mol. The van der Waals surface area contributed by atoms with Crippen molar-refractivity contribution in [2.24, 2.45) is 17.6 Å². The molecule has 0 aromatic carbocycles. The summed E-state index contributed by atoms with van der Waals surface area (Å²) in [5.74, 6) is -2.88. The highest BCUT2D eigenvalue weighted by molar-refractivity contribution is 8.03. The maximum Gasteiger partial charge on any atom is 0.353 e. The number of primary amides is 1. The van der Waals surface area contributed by atoms with Gasteiger partial charge < -0.3 is 25.7 Å². The summed E-state index contributed by atoms with van der Waals surface area (Å²) in [6.45, 7) is 3.80. The minimum Gasteiger partial charge on any atom is -0.477 e. The van der Waals surface area contributed by atoms with E-state index >= 15 is 0 Å². The van der Waals surface area contributed by atoms with Crippen LogP contribution in [-0.4, -0.2) is 74.1 Å². The summed E-state index contributed by atoms with van der Waals surface area (Å²) in [7, 11) is 0. The second kappa shape index (κ2) is 6.58. The Balaban J connectivity index is 1.85. The van der Waals surface area contributed by atoms with E-state index in [1.54, 1.807) is 4.90 Å². The van der Waals surface area contributed by atoms with Crippen molar-refractivity contribution >= 4 is 35.9 Å². The Morgan fingerprint density at radius 3 is 2.58 bits per heavy atom. The van der Waals surface area contributed by atoms with Crippen LogP contribution in [0, 0.1) is 17.2 Å². The molecule has 0 bridgehead atoms. The van der Waals surface area contributed by atoms with Gasteiger partial charge in [0.05, 0.1) is 24.4 Å². The lowest BCUT2D eigenvalue weighted by atomic mass is 9.79. The third-order valence-corrected chi connectivity index (χ3v) is 6.89. The zero-order valence-corrected chi connectivity index (χ0v) is 15.3. The van der Waals surface area contributed by atoms with Gasteiger partial charge in [-0.1, -0.05) is 6.92 Å². The van der Waals surface area contributed by atoms with E-state index in [0.717, 1.165) is 6.34 Å². The first-order valence-electron chi connectivity index (χ1n) is 8.39. The summed E-state index contributed by atoms with van der Waals surface area (Å²) in [6, 6.07) is -0.942. The fourth-order valence-corrected chi connectivity index (χ4v) is 5.72. The van der Waals surface area contributed by atoms with Gasteiger partial charge in [0.2, 0.25) is 11.8 Å². The fourth-order valence-electron chi connectivity index (χ4n) is 4.19. The van der Waals surface area contributed by atoms with Crippen LogP contribution in [0.2, 0.25) is 0 Å². The summed E-state index contributed by atoms with van der Waals surface area (Å²) < 4.78 is 0. The van der Waals surface area contributed by atoms with Crippen LogP contribution in [0.15, 0.2) is 10.6 Å². The Morgan fingerprint density at radius 1 is 1.46 bits per heavy atom. The number of likely N-dealkylation sites (tertiary alicyclic amines) is 1. The standard InChI is InChI=1S/C16H22N4O5S/c1-6-11-10(7(2)21)15(23)20(11)12(16(24)25)13(6)26-8-3-9(14(18)22)19(4-8)5-17/h5-11,17,21H,3-4H2,1-2H3,(H2,18,22)(H,24,25)/t6?,7?,8?,9?,10?,11-/m1/s1. The van der Waals surface area contributed by atoms with E-state index in [2.05, 4.69) is 0 Å². The van der Waals surface area contributed by atoms with Crippen molar-refractivity contribution in [2.45, 2.75) is 43.7 Å². The minimum absolute atomic E-state index is 0.0293. The monoisotopic (exact) mass is 382 g/mol. The van der Waals surface area contributed by atoms with Gasteiger partial charge in [0, 0.05) is 22.6 Å². The normalized spacial score (nSPS) is 34.6. The molecule has 26 heavy (non-hydrogen) atoms. The molecule has 0 aliphatic carbocycles. The van der Waals surface area contributed by atoms with E-state index in [9.17, 15) is 24.6 Å². The van der Waals surface area contributed by atoms with E-state index in [4.69, 9.17) is 11.1 Å². The molecule has 0 radical (unpaired) electrons. The van der Waals surface area contributed by atoms with Crippen molar-refractivity contribution in [1.82, 2.24) is 9.80 Å². The van der Waals surface area contributed by atoms with Crippen molar-refractivity contribution in [3.63, 3.8) is 0 Å². The number of hydrogen-bond acceptors (Lipinski definition) is 6. The van der Waals surface area contributed by atoms with Crippen LogP contribution in [0.1, 0.15) is 20.3 Å². The van der Waals surface area contributed by atoms with Crippen LogP contribution >= 0.6 is 11.8 Å².